The number of unbranched alkanes of at least 4 members (excludes halogenated alkanes) is 22. The Bertz CT molecular complexity index is 1070. The van der Waals surface area contributed by atoms with Gasteiger partial charge in [0.05, 0.1) is 27.7 Å². The highest BCUT2D eigenvalue weighted by molar-refractivity contribution is 7.47. The quantitative estimate of drug-likeness (QED) is 0.0213. The van der Waals surface area contributed by atoms with Crippen LogP contribution < -0.4 is 0 Å². The molecule has 0 fully saturated rings. The van der Waals surface area contributed by atoms with Crippen LogP contribution in [-0.2, 0) is 32.7 Å². The van der Waals surface area contributed by atoms with E-state index in [0.29, 0.717) is 17.4 Å². The van der Waals surface area contributed by atoms with Crippen molar-refractivity contribution < 1.29 is 42.1 Å². The van der Waals surface area contributed by atoms with Gasteiger partial charge in [0.15, 0.2) is 6.10 Å². The van der Waals surface area contributed by atoms with Crippen molar-refractivity contribution in [1.82, 2.24) is 0 Å². The van der Waals surface area contributed by atoms with E-state index in [0.717, 1.165) is 38.5 Å². The van der Waals surface area contributed by atoms with E-state index < -0.39 is 26.5 Å². The Kier molecular flexibility index (Phi) is 38.4. The number of likely N-dealkylation sites (N-methyl/N-ethyl adjacent to an activating group) is 1. The monoisotopic (exact) mass is 827 g/mol. The van der Waals surface area contributed by atoms with E-state index in [1.165, 1.54) is 128 Å². The second kappa shape index (κ2) is 39.7. The summed E-state index contributed by atoms with van der Waals surface area (Å²) in [6.45, 7) is 4.35. The summed E-state index contributed by atoms with van der Waals surface area (Å²) < 4.78 is 34.2. The SMILES string of the molecule is CCCCCCCC/C=C/C/C=C/CCC(=O)OC(COC(=O)CCCCCCCCC/C=C/CCCCCCCCCCC)COP(=O)(O)OCC[N+](C)(C)C. The molecule has 0 rings (SSSR count). The Morgan fingerprint density at radius 1 is 0.544 bits per heavy atom. The lowest BCUT2D eigenvalue weighted by atomic mass is 10.1. The van der Waals surface area contributed by atoms with E-state index in [9.17, 15) is 19.0 Å². The average molecular weight is 827 g/mol. The molecule has 0 spiro atoms. The van der Waals surface area contributed by atoms with Crippen molar-refractivity contribution in [3.63, 3.8) is 0 Å². The van der Waals surface area contributed by atoms with E-state index in [-0.39, 0.29) is 32.0 Å². The Balaban J connectivity index is 4.33. The molecule has 0 heterocycles. The summed E-state index contributed by atoms with van der Waals surface area (Å²) in [6, 6.07) is 0. The molecule has 10 heteroatoms. The molecule has 0 bridgehead atoms. The minimum absolute atomic E-state index is 0.0219. The molecule has 2 unspecified atom stereocenters. The molecule has 0 radical (unpaired) electrons. The number of quaternary nitrogens is 1. The van der Waals surface area contributed by atoms with Gasteiger partial charge in [0, 0.05) is 12.8 Å². The number of rotatable bonds is 42. The predicted octanol–water partition coefficient (Wildman–Crippen LogP) is 13.3. The molecule has 0 aliphatic rings. The second-order valence-electron chi connectivity index (χ2n) is 16.8. The lowest BCUT2D eigenvalue weighted by Crippen LogP contribution is -2.37. The molecular weight excluding hydrogens is 737 g/mol. The average Bonchev–Trinajstić information content (AvgIpc) is 3.16. The van der Waals surface area contributed by atoms with Crippen LogP contribution in [0.5, 0.6) is 0 Å². The number of carbonyl (C=O) groups is 2. The van der Waals surface area contributed by atoms with Crippen LogP contribution in [0.2, 0.25) is 0 Å². The van der Waals surface area contributed by atoms with Crippen molar-refractivity contribution in [1.29, 1.82) is 0 Å². The molecule has 57 heavy (non-hydrogen) atoms. The summed E-state index contributed by atoms with van der Waals surface area (Å²) in [5.74, 6) is -0.879. The first-order valence-corrected chi connectivity index (χ1v) is 24.7. The number of ether oxygens (including phenoxy) is 2. The van der Waals surface area contributed by atoms with Crippen LogP contribution >= 0.6 is 7.82 Å². The van der Waals surface area contributed by atoms with Gasteiger partial charge in [0.2, 0.25) is 0 Å². The van der Waals surface area contributed by atoms with Crippen molar-refractivity contribution >= 4 is 19.8 Å². The maximum Gasteiger partial charge on any atom is 0.472 e. The fraction of sp³-hybridized carbons (Fsp3) is 0.830. The standard InChI is InChI=1S/C47H88NO8P/c1-6-8-10-12-14-16-18-20-21-22-23-24-25-26-28-29-31-33-35-37-39-46(49)53-43-45(44-55-57(51,52)54-42-41-48(3,4)5)56-47(50)40-38-36-34-32-30-27-19-17-15-13-11-9-7-2/h23-24,27,30,34,36,45H,6-22,25-26,28-29,31-33,35,37-44H2,1-5H3/p+1/b24-23+,30-27+,36-34+. The third-order valence-electron chi connectivity index (χ3n) is 9.91. The van der Waals surface area contributed by atoms with Gasteiger partial charge >= 0.3 is 19.8 Å². The van der Waals surface area contributed by atoms with Gasteiger partial charge in [-0.3, -0.25) is 18.6 Å². The summed E-state index contributed by atoms with van der Waals surface area (Å²) in [5, 5.41) is 0. The Hall–Kier alpha value is -1.77. The summed E-state index contributed by atoms with van der Waals surface area (Å²) in [6.07, 6.45) is 45.0. The van der Waals surface area contributed by atoms with Gasteiger partial charge in [-0.25, -0.2) is 4.57 Å². The van der Waals surface area contributed by atoms with Crippen molar-refractivity contribution in [2.75, 3.05) is 47.5 Å². The number of carbonyl (C=O) groups excluding carboxylic acids is 2. The topological polar surface area (TPSA) is 108 Å². The molecule has 1 N–H and O–H groups in total. The van der Waals surface area contributed by atoms with Crippen molar-refractivity contribution in [2.45, 2.75) is 206 Å². The van der Waals surface area contributed by atoms with Crippen LogP contribution in [0, 0.1) is 0 Å². The molecule has 0 aliphatic heterocycles. The Morgan fingerprint density at radius 2 is 0.982 bits per heavy atom. The van der Waals surface area contributed by atoms with E-state index >= 15 is 0 Å². The Morgan fingerprint density at radius 3 is 1.47 bits per heavy atom. The summed E-state index contributed by atoms with van der Waals surface area (Å²) in [4.78, 5) is 35.3. The Labute approximate surface area is 351 Å². The van der Waals surface area contributed by atoms with Gasteiger partial charge in [0.25, 0.3) is 0 Å². The molecular formula is C47H89NO8P+. The van der Waals surface area contributed by atoms with E-state index in [2.05, 4.69) is 38.2 Å². The summed E-state index contributed by atoms with van der Waals surface area (Å²) >= 11 is 0. The minimum atomic E-state index is -4.39. The predicted molar refractivity (Wildman–Crippen MR) is 238 cm³/mol. The van der Waals surface area contributed by atoms with Gasteiger partial charge < -0.3 is 18.9 Å². The first kappa shape index (κ1) is 55.2. The lowest BCUT2D eigenvalue weighted by molar-refractivity contribution is -0.870. The van der Waals surface area contributed by atoms with Crippen LogP contribution in [0.25, 0.3) is 0 Å². The fourth-order valence-electron chi connectivity index (χ4n) is 6.24. The van der Waals surface area contributed by atoms with E-state index in [1.807, 2.05) is 33.3 Å². The van der Waals surface area contributed by atoms with Gasteiger partial charge in [0.1, 0.15) is 19.8 Å². The highest BCUT2D eigenvalue weighted by atomic mass is 31.2. The van der Waals surface area contributed by atoms with E-state index in [1.54, 1.807) is 0 Å². The molecule has 9 nitrogen and oxygen atoms in total. The molecule has 0 aromatic carbocycles. The maximum absolute atomic E-state index is 12.6. The van der Waals surface area contributed by atoms with Gasteiger partial charge in [-0.2, -0.15) is 0 Å². The molecule has 0 aromatic heterocycles. The van der Waals surface area contributed by atoms with Crippen molar-refractivity contribution in [3.05, 3.63) is 36.5 Å². The maximum atomic E-state index is 12.6. The highest BCUT2D eigenvalue weighted by Gasteiger charge is 2.27. The zero-order chi connectivity index (χ0) is 42.1. The molecule has 0 aliphatic carbocycles. The fourth-order valence-corrected chi connectivity index (χ4v) is 6.98. The normalized spacial score (nSPS) is 13.9. The van der Waals surface area contributed by atoms with Crippen molar-refractivity contribution in [2.24, 2.45) is 0 Å². The molecule has 0 aromatic rings. The zero-order valence-corrected chi connectivity index (χ0v) is 38.5. The molecule has 0 saturated carbocycles. The number of allylic oxidation sites excluding steroid dienone is 6. The molecule has 334 valence electrons. The number of esters is 2. The number of hydrogen-bond donors (Lipinski definition) is 1. The van der Waals surface area contributed by atoms with Crippen LogP contribution in [0.3, 0.4) is 0 Å². The van der Waals surface area contributed by atoms with Crippen LogP contribution in [-0.4, -0.2) is 74.9 Å². The zero-order valence-electron chi connectivity index (χ0n) is 37.6. The third-order valence-corrected chi connectivity index (χ3v) is 10.9. The van der Waals surface area contributed by atoms with Gasteiger partial charge in [-0.05, 0) is 57.8 Å². The van der Waals surface area contributed by atoms with Gasteiger partial charge in [-0.15, -0.1) is 0 Å². The molecule has 0 saturated heterocycles. The first-order valence-electron chi connectivity index (χ1n) is 23.2. The lowest BCUT2D eigenvalue weighted by Gasteiger charge is -2.24. The van der Waals surface area contributed by atoms with Crippen LogP contribution in [0.4, 0.5) is 0 Å². The highest BCUT2D eigenvalue weighted by Crippen LogP contribution is 2.43. The smallest absolute Gasteiger partial charge is 0.462 e. The number of nitrogens with zero attached hydrogens (tertiary/aromatic N) is 1. The second-order valence-corrected chi connectivity index (χ2v) is 18.2. The number of hydrogen-bond acceptors (Lipinski definition) is 7. The largest absolute Gasteiger partial charge is 0.472 e. The minimum Gasteiger partial charge on any atom is -0.462 e. The molecule has 0 amide bonds. The third kappa shape index (κ3) is 43.6. The molecule has 2 atom stereocenters. The van der Waals surface area contributed by atoms with Crippen LogP contribution in [0.1, 0.15) is 200 Å². The number of phosphoric ester groups is 1. The first-order chi connectivity index (χ1) is 27.5. The summed E-state index contributed by atoms with van der Waals surface area (Å²) in [5.41, 5.74) is 0. The number of phosphoric acid groups is 1. The van der Waals surface area contributed by atoms with Crippen LogP contribution in [0.15, 0.2) is 36.5 Å². The van der Waals surface area contributed by atoms with Gasteiger partial charge in [-0.1, -0.05) is 166 Å². The summed E-state index contributed by atoms with van der Waals surface area (Å²) in [7, 11) is 1.44. The van der Waals surface area contributed by atoms with E-state index in [4.69, 9.17) is 18.5 Å². The van der Waals surface area contributed by atoms with Crippen molar-refractivity contribution in [3.8, 4) is 0 Å².